The molecule has 1 saturated heterocycles. The van der Waals surface area contributed by atoms with E-state index in [1.54, 1.807) is 11.8 Å². The van der Waals surface area contributed by atoms with Gasteiger partial charge in [0.25, 0.3) is 0 Å². The molecule has 2 aliphatic rings. The third kappa shape index (κ3) is 3.14. The number of thioether (sulfide) groups is 1. The van der Waals surface area contributed by atoms with Gasteiger partial charge >= 0.3 is 5.97 Å². The molecule has 2 rings (SSSR count). The summed E-state index contributed by atoms with van der Waals surface area (Å²) in [6.45, 7) is 4.21. The van der Waals surface area contributed by atoms with Crippen molar-refractivity contribution in [2.24, 2.45) is 5.92 Å². The monoisotopic (exact) mass is 244 g/mol. The van der Waals surface area contributed by atoms with E-state index in [9.17, 15) is 4.79 Å². The SMILES string of the molecule is CC1CCCC(OC(=O)C2OC(C)CS2)C1. The molecule has 1 aliphatic heterocycles. The molecule has 0 N–H and O–H groups in total. The van der Waals surface area contributed by atoms with Crippen LogP contribution >= 0.6 is 11.8 Å². The smallest absolute Gasteiger partial charge is 0.346 e. The normalized spacial score (nSPS) is 39.6. The van der Waals surface area contributed by atoms with E-state index in [4.69, 9.17) is 9.47 Å². The molecule has 4 heteroatoms. The zero-order valence-electron chi connectivity index (χ0n) is 9.98. The van der Waals surface area contributed by atoms with Crippen molar-refractivity contribution in [2.45, 2.75) is 57.2 Å². The number of ether oxygens (including phenoxy) is 2. The van der Waals surface area contributed by atoms with Crippen LogP contribution in [0.15, 0.2) is 0 Å². The second-order valence-corrected chi connectivity index (χ2v) is 6.04. The molecule has 0 spiro atoms. The molecule has 4 unspecified atom stereocenters. The Kier molecular flexibility index (Phi) is 4.14. The molecule has 2 fully saturated rings. The second-order valence-electron chi connectivity index (χ2n) is 4.94. The van der Waals surface area contributed by atoms with Crippen LogP contribution in [0.2, 0.25) is 0 Å². The van der Waals surface area contributed by atoms with Gasteiger partial charge in [0.2, 0.25) is 5.44 Å². The molecule has 16 heavy (non-hydrogen) atoms. The lowest BCUT2D eigenvalue weighted by atomic mass is 9.89. The first-order chi connectivity index (χ1) is 7.65. The molecule has 0 aromatic carbocycles. The van der Waals surface area contributed by atoms with Crippen LogP contribution < -0.4 is 0 Å². The van der Waals surface area contributed by atoms with E-state index < -0.39 is 0 Å². The number of hydrogen-bond donors (Lipinski definition) is 0. The van der Waals surface area contributed by atoms with Crippen molar-refractivity contribution in [3.05, 3.63) is 0 Å². The highest BCUT2D eigenvalue weighted by molar-refractivity contribution is 8.00. The van der Waals surface area contributed by atoms with Crippen molar-refractivity contribution in [1.82, 2.24) is 0 Å². The summed E-state index contributed by atoms with van der Waals surface area (Å²) >= 11 is 1.55. The first kappa shape index (κ1) is 12.2. The number of esters is 1. The fraction of sp³-hybridized carbons (Fsp3) is 0.917. The van der Waals surface area contributed by atoms with Gasteiger partial charge in [0.05, 0.1) is 6.10 Å². The summed E-state index contributed by atoms with van der Waals surface area (Å²) in [6, 6.07) is 0. The molecule has 0 bridgehead atoms. The average Bonchev–Trinajstić information content (AvgIpc) is 2.65. The number of hydrogen-bond acceptors (Lipinski definition) is 4. The fourth-order valence-corrected chi connectivity index (χ4v) is 3.33. The predicted octanol–water partition coefficient (Wildman–Crippen LogP) is 2.59. The Bertz CT molecular complexity index is 257. The van der Waals surface area contributed by atoms with E-state index in [0.29, 0.717) is 5.92 Å². The molecule has 0 radical (unpaired) electrons. The first-order valence-electron chi connectivity index (χ1n) is 6.12. The lowest BCUT2D eigenvalue weighted by molar-refractivity contribution is -0.159. The Morgan fingerprint density at radius 3 is 2.81 bits per heavy atom. The lowest BCUT2D eigenvalue weighted by Crippen LogP contribution is -2.29. The number of carbonyl (C=O) groups excluding carboxylic acids is 1. The predicted molar refractivity (Wildman–Crippen MR) is 64.3 cm³/mol. The molecule has 0 aromatic rings. The van der Waals surface area contributed by atoms with Crippen molar-refractivity contribution in [1.29, 1.82) is 0 Å². The molecule has 0 amide bonds. The van der Waals surface area contributed by atoms with Crippen molar-refractivity contribution >= 4 is 17.7 Å². The van der Waals surface area contributed by atoms with E-state index >= 15 is 0 Å². The van der Waals surface area contributed by atoms with E-state index in [2.05, 4.69) is 6.92 Å². The third-order valence-electron chi connectivity index (χ3n) is 3.20. The second kappa shape index (κ2) is 5.41. The zero-order chi connectivity index (χ0) is 11.5. The molecule has 4 atom stereocenters. The molecule has 92 valence electrons. The summed E-state index contributed by atoms with van der Waals surface area (Å²) in [5.41, 5.74) is -0.382. The Labute approximate surface area is 101 Å². The molecular weight excluding hydrogens is 224 g/mol. The van der Waals surface area contributed by atoms with Crippen molar-refractivity contribution in [3.63, 3.8) is 0 Å². The molecular formula is C12H20O3S. The zero-order valence-corrected chi connectivity index (χ0v) is 10.8. The minimum Gasteiger partial charge on any atom is -0.460 e. The largest absolute Gasteiger partial charge is 0.460 e. The quantitative estimate of drug-likeness (QED) is 0.699. The molecule has 1 aliphatic carbocycles. The van der Waals surface area contributed by atoms with Crippen molar-refractivity contribution in [3.8, 4) is 0 Å². The highest BCUT2D eigenvalue weighted by Crippen LogP contribution is 2.29. The Balaban J connectivity index is 1.78. The van der Waals surface area contributed by atoms with E-state index in [0.717, 1.165) is 18.6 Å². The van der Waals surface area contributed by atoms with E-state index in [1.165, 1.54) is 12.8 Å². The minimum atomic E-state index is -0.382. The molecule has 1 saturated carbocycles. The third-order valence-corrected chi connectivity index (χ3v) is 4.47. The molecule has 3 nitrogen and oxygen atoms in total. The number of rotatable bonds is 2. The lowest BCUT2D eigenvalue weighted by Gasteiger charge is -2.27. The van der Waals surface area contributed by atoms with Crippen molar-refractivity contribution in [2.75, 3.05) is 5.75 Å². The highest BCUT2D eigenvalue weighted by atomic mass is 32.2. The summed E-state index contributed by atoms with van der Waals surface area (Å²) < 4.78 is 11.0. The van der Waals surface area contributed by atoms with Crippen LogP contribution in [0, 0.1) is 5.92 Å². The van der Waals surface area contributed by atoms with Crippen LogP contribution in [-0.4, -0.2) is 29.4 Å². The van der Waals surface area contributed by atoms with Crippen LogP contribution in [-0.2, 0) is 14.3 Å². The molecule has 1 heterocycles. The van der Waals surface area contributed by atoms with Gasteiger partial charge in [-0.1, -0.05) is 13.3 Å². The summed E-state index contributed by atoms with van der Waals surface area (Å²) in [5, 5.41) is 0. The van der Waals surface area contributed by atoms with Crippen molar-refractivity contribution < 1.29 is 14.3 Å². The summed E-state index contributed by atoms with van der Waals surface area (Å²) in [4.78, 5) is 11.8. The van der Waals surface area contributed by atoms with Gasteiger partial charge in [0.1, 0.15) is 6.10 Å². The Morgan fingerprint density at radius 2 is 2.19 bits per heavy atom. The van der Waals surface area contributed by atoms with Gasteiger partial charge in [-0.3, -0.25) is 0 Å². The minimum absolute atomic E-state index is 0.122. The van der Waals surface area contributed by atoms with Gasteiger partial charge < -0.3 is 9.47 Å². The maximum absolute atomic E-state index is 11.8. The van der Waals surface area contributed by atoms with Crippen LogP contribution in [0.25, 0.3) is 0 Å². The van der Waals surface area contributed by atoms with Crippen LogP contribution in [0.1, 0.15) is 39.5 Å². The summed E-state index contributed by atoms with van der Waals surface area (Å²) in [6.07, 6.45) is 4.76. The van der Waals surface area contributed by atoms with Gasteiger partial charge in [-0.15, -0.1) is 11.8 Å². The highest BCUT2D eigenvalue weighted by Gasteiger charge is 2.32. The van der Waals surface area contributed by atoms with Gasteiger partial charge in [-0.05, 0) is 32.1 Å². The average molecular weight is 244 g/mol. The summed E-state index contributed by atoms with van der Waals surface area (Å²) in [5.74, 6) is 1.40. The fourth-order valence-electron chi connectivity index (χ4n) is 2.34. The first-order valence-corrected chi connectivity index (χ1v) is 7.17. The van der Waals surface area contributed by atoms with Gasteiger partial charge in [-0.2, -0.15) is 0 Å². The molecule has 0 aromatic heterocycles. The summed E-state index contributed by atoms with van der Waals surface area (Å²) in [7, 11) is 0. The standard InChI is InChI=1S/C12H20O3S/c1-8-4-3-5-10(6-8)15-11(13)12-14-9(2)7-16-12/h8-10,12H,3-7H2,1-2H3. The number of carbonyl (C=O) groups is 1. The van der Waals surface area contributed by atoms with Crippen LogP contribution in [0.4, 0.5) is 0 Å². The van der Waals surface area contributed by atoms with Gasteiger partial charge in [0.15, 0.2) is 0 Å². The Hall–Kier alpha value is -0.220. The van der Waals surface area contributed by atoms with E-state index in [-0.39, 0.29) is 23.6 Å². The maximum atomic E-state index is 11.8. The van der Waals surface area contributed by atoms with Crippen LogP contribution in [0.5, 0.6) is 0 Å². The van der Waals surface area contributed by atoms with Gasteiger partial charge in [0, 0.05) is 5.75 Å². The maximum Gasteiger partial charge on any atom is 0.346 e. The van der Waals surface area contributed by atoms with Gasteiger partial charge in [-0.25, -0.2) is 4.79 Å². The Morgan fingerprint density at radius 1 is 1.38 bits per heavy atom. The van der Waals surface area contributed by atoms with Crippen LogP contribution in [0.3, 0.4) is 0 Å². The van der Waals surface area contributed by atoms with E-state index in [1.807, 2.05) is 6.92 Å². The topological polar surface area (TPSA) is 35.5 Å².